The molecule has 0 bridgehead atoms. The number of rotatable bonds is 4. The number of piperazine rings is 1. The Labute approximate surface area is 115 Å². The highest BCUT2D eigenvalue weighted by Crippen LogP contribution is 2.25. The average molecular weight is 280 g/mol. The van der Waals surface area contributed by atoms with Gasteiger partial charge >= 0.3 is 0 Å². The number of nitrogens with zero attached hydrogens (tertiary/aromatic N) is 5. The summed E-state index contributed by atoms with van der Waals surface area (Å²) in [7, 11) is 0. The molecule has 0 saturated carbocycles. The summed E-state index contributed by atoms with van der Waals surface area (Å²) in [6.07, 6.45) is 2.62. The topological polar surface area (TPSA) is 80.0 Å². The molecule has 1 aliphatic rings. The number of nitrogens with one attached hydrogen (secondary N) is 1. The van der Waals surface area contributed by atoms with Crippen LogP contribution in [0.3, 0.4) is 0 Å². The van der Waals surface area contributed by atoms with Crippen LogP contribution in [0, 0.1) is 0 Å². The fraction of sp³-hybridized carbons (Fsp3) is 0.636. The lowest BCUT2D eigenvalue weighted by Crippen LogP contribution is -2.45. The summed E-state index contributed by atoms with van der Waals surface area (Å²) >= 11 is 1.26. The van der Waals surface area contributed by atoms with Crippen molar-refractivity contribution in [1.82, 2.24) is 29.9 Å². The highest BCUT2D eigenvalue weighted by Gasteiger charge is 2.25. The van der Waals surface area contributed by atoms with E-state index < -0.39 is 0 Å². The highest BCUT2D eigenvalue weighted by atomic mass is 32.1. The lowest BCUT2D eigenvalue weighted by molar-refractivity contribution is 0.160. The molecule has 1 saturated heterocycles. The molecule has 0 aliphatic carbocycles. The highest BCUT2D eigenvalue weighted by molar-refractivity contribution is 7.09. The van der Waals surface area contributed by atoms with Crippen molar-refractivity contribution >= 4 is 11.5 Å². The zero-order chi connectivity index (χ0) is 13.1. The summed E-state index contributed by atoms with van der Waals surface area (Å²) in [5, 5.41) is 11.3. The predicted octanol–water partition coefficient (Wildman–Crippen LogP) is 0.944. The van der Waals surface area contributed by atoms with Gasteiger partial charge in [0, 0.05) is 26.2 Å². The van der Waals surface area contributed by atoms with Crippen LogP contribution in [-0.2, 0) is 0 Å². The monoisotopic (exact) mass is 280 g/mol. The summed E-state index contributed by atoms with van der Waals surface area (Å²) in [6.45, 7) is 6.21. The average Bonchev–Trinajstić information content (AvgIpc) is 3.11. The third-order valence-corrected chi connectivity index (χ3v) is 3.94. The Morgan fingerprint density at radius 1 is 1.47 bits per heavy atom. The molecule has 0 aromatic carbocycles. The van der Waals surface area contributed by atoms with Gasteiger partial charge in [-0.3, -0.25) is 4.90 Å². The summed E-state index contributed by atoms with van der Waals surface area (Å²) in [5.74, 6) is 1.27. The fourth-order valence-corrected chi connectivity index (χ4v) is 2.77. The molecule has 0 radical (unpaired) electrons. The minimum atomic E-state index is 0.223. The fourth-order valence-electron chi connectivity index (χ4n) is 2.33. The van der Waals surface area contributed by atoms with E-state index in [-0.39, 0.29) is 6.04 Å². The Morgan fingerprint density at radius 2 is 2.32 bits per heavy atom. The molecule has 1 atom stereocenters. The van der Waals surface area contributed by atoms with Crippen molar-refractivity contribution in [2.75, 3.05) is 26.2 Å². The Balaban J connectivity index is 1.79. The summed E-state index contributed by atoms with van der Waals surface area (Å²) < 4.78 is 9.12. The van der Waals surface area contributed by atoms with E-state index in [9.17, 15) is 0 Å². The molecule has 3 rings (SSSR count). The normalized spacial score (nSPS) is 18.6. The second-order valence-electron chi connectivity index (χ2n) is 4.45. The van der Waals surface area contributed by atoms with Crippen LogP contribution in [-0.4, -0.2) is 50.8 Å². The summed E-state index contributed by atoms with van der Waals surface area (Å²) in [5.41, 5.74) is 0. The smallest absolute Gasteiger partial charge is 0.271 e. The molecule has 7 nitrogen and oxygen atoms in total. The van der Waals surface area contributed by atoms with Crippen LogP contribution in [0.1, 0.15) is 25.2 Å². The first-order valence-electron chi connectivity index (χ1n) is 6.44. The molecule has 1 aliphatic heterocycles. The van der Waals surface area contributed by atoms with Crippen LogP contribution >= 0.6 is 11.5 Å². The minimum absolute atomic E-state index is 0.223. The lowest BCUT2D eigenvalue weighted by atomic mass is 10.1. The van der Waals surface area contributed by atoms with E-state index >= 15 is 0 Å². The number of aromatic nitrogens is 4. The van der Waals surface area contributed by atoms with Crippen molar-refractivity contribution < 1.29 is 4.52 Å². The van der Waals surface area contributed by atoms with Crippen molar-refractivity contribution in [1.29, 1.82) is 0 Å². The van der Waals surface area contributed by atoms with Gasteiger partial charge in [0.2, 0.25) is 0 Å². The molecule has 0 spiro atoms. The van der Waals surface area contributed by atoms with Gasteiger partial charge in [0.25, 0.3) is 5.89 Å². The molecule has 1 unspecified atom stereocenters. The van der Waals surface area contributed by atoms with Gasteiger partial charge in [0.15, 0.2) is 5.82 Å². The second kappa shape index (κ2) is 5.72. The Morgan fingerprint density at radius 3 is 3.00 bits per heavy atom. The minimum Gasteiger partial charge on any atom is -0.333 e. The van der Waals surface area contributed by atoms with Crippen molar-refractivity contribution in [3.05, 3.63) is 12.0 Å². The van der Waals surface area contributed by atoms with Gasteiger partial charge in [0.05, 0.1) is 12.2 Å². The maximum atomic E-state index is 5.31. The van der Waals surface area contributed by atoms with Gasteiger partial charge in [-0.15, -0.1) is 5.10 Å². The Bertz CT molecular complexity index is 507. The van der Waals surface area contributed by atoms with E-state index in [0.717, 1.165) is 43.3 Å². The van der Waals surface area contributed by atoms with E-state index in [4.69, 9.17) is 4.52 Å². The maximum Gasteiger partial charge on any atom is 0.271 e. The maximum absolute atomic E-state index is 5.31. The molecule has 1 fully saturated rings. The number of hydrogen-bond donors (Lipinski definition) is 1. The largest absolute Gasteiger partial charge is 0.333 e. The van der Waals surface area contributed by atoms with Crippen molar-refractivity contribution in [3.8, 4) is 10.8 Å². The molecule has 2 aromatic heterocycles. The van der Waals surface area contributed by atoms with E-state index in [2.05, 4.69) is 36.9 Å². The first kappa shape index (κ1) is 12.6. The molecule has 19 heavy (non-hydrogen) atoms. The van der Waals surface area contributed by atoms with Crippen LogP contribution in [0.4, 0.5) is 0 Å². The predicted molar refractivity (Wildman–Crippen MR) is 70.7 cm³/mol. The van der Waals surface area contributed by atoms with Gasteiger partial charge < -0.3 is 9.84 Å². The third-order valence-electron chi connectivity index (χ3n) is 3.29. The summed E-state index contributed by atoms with van der Waals surface area (Å²) in [6, 6.07) is 0.223. The molecule has 2 aromatic rings. The molecule has 1 N–H and O–H groups in total. The van der Waals surface area contributed by atoms with Crippen molar-refractivity contribution in [2.45, 2.75) is 19.4 Å². The van der Waals surface area contributed by atoms with E-state index in [1.165, 1.54) is 11.5 Å². The molecule has 0 amide bonds. The van der Waals surface area contributed by atoms with Crippen molar-refractivity contribution in [2.24, 2.45) is 0 Å². The zero-order valence-corrected chi connectivity index (χ0v) is 11.6. The second-order valence-corrected chi connectivity index (χ2v) is 5.24. The first-order valence-corrected chi connectivity index (χ1v) is 7.22. The quantitative estimate of drug-likeness (QED) is 0.892. The van der Waals surface area contributed by atoms with E-state index in [1.807, 2.05) is 0 Å². The molecule has 102 valence electrons. The zero-order valence-electron chi connectivity index (χ0n) is 10.7. The first-order chi connectivity index (χ1) is 9.38. The van der Waals surface area contributed by atoms with Gasteiger partial charge in [-0.05, 0) is 18.0 Å². The summed E-state index contributed by atoms with van der Waals surface area (Å²) in [4.78, 5) is 7.70. The van der Waals surface area contributed by atoms with Gasteiger partial charge in [0.1, 0.15) is 4.88 Å². The van der Waals surface area contributed by atoms with E-state index in [1.54, 1.807) is 6.20 Å². The van der Waals surface area contributed by atoms with Crippen molar-refractivity contribution in [3.63, 3.8) is 0 Å². The SMILES string of the molecule is CCC(c1noc(-c2cnns2)n1)N1CCNCC1. The molecular formula is C11H16N6OS. The van der Waals surface area contributed by atoms with E-state index in [0.29, 0.717) is 5.89 Å². The molecular weight excluding hydrogens is 264 g/mol. The van der Waals surface area contributed by atoms with Gasteiger partial charge in [-0.2, -0.15) is 4.98 Å². The standard InChI is InChI=1S/C11H16N6OS/c1-2-8(17-5-3-12-4-6-17)10-14-11(18-15-10)9-7-13-16-19-9/h7-8,12H,2-6H2,1H3. The van der Waals surface area contributed by atoms with Gasteiger partial charge in [-0.25, -0.2) is 0 Å². The number of hydrogen-bond acceptors (Lipinski definition) is 8. The molecule has 3 heterocycles. The van der Waals surface area contributed by atoms with Crippen LogP contribution in [0.15, 0.2) is 10.7 Å². The third kappa shape index (κ3) is 2.65. The lowest BCUT2D eigenvalue weighted by Gasteiger charge is -2.32. The van der Waals surface area contributed by atoms with Crippen LogP contribution in [0.5, 0.6) is 0 Å². The van der Waals surface area contributed by atoms with Crippen LogP contribution < -0.4 is 5.32 Å². The Hall–Kier alpha value is -1.38. The van der Waals surface area contributed by atoms with Crippen LogP contribution in [0.2, 0.25) is 0 Å². The molecule has 8 heteroatoms. The van der Waals surface area contributed by atoms with Gasteiger partial charge in [-0.1, -0.05) is 16.6 Å². The van der Waals surface area contributed by atoms with Crippen LogP contribution in [0.25, 0.3) is 10.8 Å². The Kier molecular flexibility index (Phi) is 3.81.